The van der Waals surface area contributed by atoms with Gasteiger partial charge in [-0.15, -0.1) is 0 Å². The van der Waals surface area contributed by atoms with Gasteiger partial charge in [-0.25, -0.2) is 4.39 Å². The van der Waals surface area contributed by atoms with Crippen LogP contribution in [0, 0.1) is 5.82 Å². The lowest BCUT2D eigenvalue weighted by molar-refractivity contribution is 0.521. The molecule has 0 aliphatic heterocycles. The van der Waals surface area contributed by atoms with E-state index in [2.05, 4.69) is 17.2 Å². The molecule has 1 atom stereocenters. The van der Waals surface area contributed by atoms with Crippen molar-refractivity contribution in [1.82, 2.24) is 10.3 Å². The number of hydrogen-bond donors (Lipinski definition) is 1. The fourth-order valence-corrected chi connectivity index (χ4v) is 2.13. The van der Waals surface area contributed by atoms with Crippen molar-refractivity contribution < 1.29 is 4.39 Å². The van der Waals surface area contributed by atoms with Gasteiger partial charge in [0.1, 0.15) is 5.82 Å². The van der Waals surface area contributed by atoms with Crippen molar-refractivity contribution in [2.75, 3.05) is 6.54 Å². The van der Waals surface area contributed by atoms with Gasteiger partial charge < -0.3 is 5.32 Å². The fourth-order valence-electron chi connectivity index (χ4n) is 2.13. The molecule has 0 bridgehead atoms. The zero-order chi connectivity index (χ0) is 13.5. The molecule has 19 heavy (non-hydrogen) atoms. The molecular weight excluding hydrogens is 239 g/mol. The van der Waals surface area contributed by atoms with E-state index in [0.717, 1.165) is 24.9 Å². The molecule has 2 nitrogen and oxygen atoms in total. The number of halogens is 1. The van der Waals surface area contributed by atoms with Gasteiger partial charge in [-0.3, -0.25) is 4.98 Å². The fraction of sp³-hybridized carbons (Fsp3) is 0.312. The Hall–Kier alpha value is -1.74. The molecule has 0 saturated carbocycles. The van der Waals surface area contributed by atoms with Crippen LogP contribution in [-0.4, -0.2) is 11.5 Å². The third-order valence-corrected chi connectivity index (χ3v) is 3.23. The molecule has 0 radical (unpaired) electrons. The summed E-state index contributed by atoms with van der Waals surface area (Å²) in [5, 5.41) is 3.51. The first-order valence-electron chi connectivity index (χ1n) is 6.67. The Labute approximate surface area is 113 Å². The third kappa shape index (κ3) is 4.14. The van der Waals surface area contributed by atoms with E-state index in [0.29, 0.717) is 0 Å². The summed E-state index contributed by atoms with van der Waals surface area (Å²) < 4.78 is 12.9. The molecule has 0 aliphatic rings. The Morgan fingerprint density at radius 1 is 1.11 bits per heavy atom. The summed E-state index contributed by atoms with van der Waals surface area (Å²) in [5.41, 5.74) is 2.41. The summed E-state index contributed by atoms with van der Waals surface area (Å²) in [4.78, 5) is 4.00. The molecule has 1 heterocycles. The maximum absolute atomic E-state index is 12.9. The van der Waals surface area contributed by atoms with Crippen molar-refractivity contribution in [3.8, 4) is 0 Å². The Bertz CT molecular complexity index is 482. The number of rotatable bonds is 6. The Kier molecular flexibility index (Phi) is 5.04. The van der Waals surface area contributed by atoms with Crippen molar-refractivity contribution in [3.05, 3.63) is 65.7 Å². The van der Waals surface area contributed by atoms with Crippen LogP contribution < -0.4 is 5.32 Å². The highest BCUT2D eigenvalue weighted by Crippen LogP contribution is 2.16. The van der Waals surface area contributed by atoms with Crippen molar-refractivity contribution in [2.45, 2.75) is 25.8 Å². The normalized spacial score (nSPS) is 12.3. The number of aromatic nitrogens is 1. The first kappa shape index (κ1) is 13.7. The van der Waals surface area contributed by atoms with Crippen molar-refractivity contribution in [3.63, 3.8) is 0 Å². The van der Waals surface area contributed by atoms with Gasteiger partial charge in [-0.2, -0.15) is 0 Å². The van der Waals surface area contributed by atoms with Crippen LogP contribution in [0.15, 0.2) is 48.8 Å². The first-order chi connectivity index (χ1) is 9.29. The third-order valence-electron chi connectivity index (χ3n) is 3.23. The highest BCUT2D eigenvalue weighted by molar-refractivity contribution is 5.20. The number of nitrogens with zero attached hydrogens (tertiary/aromatic N) is 1. The number of hydrogen-bond acceptors (Lipinski definition) is 2. The van der Waals surface area contributed by atoms with E-state index in [9.17, 15) is 4.39 Å². The molecule has 0 spiro atoms. The van der Waals surface area contributed by atoms with E-state index in [4.69, 9.17) is 0 Å². The summed E-state index contributed by atoms with van der Waals surface area (Å²) in [5.74, 6) is -0.185. The number of benzene rings is 1. The van der Waals surface area contributed by atoms with E-state index >= 15 is 0 Å². The Morgan fingerprint density at radius 2 is 1.79 bits per heavy atom. The summed E-state index contributed by atoms with van der Waals surface area (Å²) in [6.07, 6.45) is 5.58. The maximum Gasteiger partial charge on any atom is 0.123 e. The molecule has 0 amide bonds. The lowest BCUT2D eigenvalue weighted by atomic mass is 10.0. The van der Waals surface area contributed by atoms with E-state index in [1.54, 1.807) is 0 Å². The van der Waals surface area contributed by atoms with Gasteiger partial charge >= 0.3 is 0 Å². The Balaban J connectivity index is 1.87. The average Bonchev–Trinajstić information content (AvgIpc) is 2.46. The monoisotopic (exact) mass is 258 g/mol. The van der Waals surface area contributed by atoms with Gasteiger partial charge in [0.2, 0.25) is 0 Å². The average molecular weight is 258 g/mol. The smallest absolute Gasteiger partial charge is 0.123 e. The zero-order valence-electron chi connectivity index (χ0n) is 11.1. The molecule has 1 aromatic carbocycles. The molecule has 2 rings (SSSR count). The second-order valence-electron chi connectivity index (χ2n) is 4.57. The van der Waals surface area contributed by atoms with Crippen LogP contribution in [0.4, 0.5) is 4.39 Å². The molecule has 1 N–H and O–H groups in total. The molecule has 0 saturated heterocycles. The summed E-state index contributed by atoms with van der Waals surface area (Å²) in [6.45, 7) is 3.04. The van der Waals surface area contributed by atoms with Crippen molar-refractivity contribution in [1.29, 1.82) is 0 Å². The van der Waals surface area contributed by atoms with Gasteiger partial charge in [0.15, 0.2) is 0 Å². The highest BCUT2D eigenvalue weighted by atomic mass is 19.1. The van der Waals surface area contributed by atoms with E-state index in [1.807, 2.05) is 36.7 Å². The predicted octanol–water partition coefficient (Wildman–Crippen LogP) is 3.50. The minimum absolute atomic E-state index is 0.185. The second kappa shape index (κ2) is 7.00. The number of pyridine rings is 1. The van der Waals surface area contributed by atoms with E-state index in [-0.39, 0.29) is 11.9 Å². The first-order valence-corrected chi connectivity index (χ1v) is 6.67. The maximum atomic E-state index is 12.9. The van der Waals surface area contributed by atoms with Crippen LogP contribution in [0.1, 0.15) is 30.5 Å². The molecule has 100 valence electrons. The SMILES string of the molecule is CCC(NCCc1ccncc1)c1ccc(F)cc1. The topological polar surface area (TPSA) is 24.9 Å². The summed E-state index contributed by atoms with van der Waals surface area (Å²) >= 11 is 0. The van der Waals surface area contributed by atoms with Crippen LogP contribution >= 0.6 is 0 Å². The lowest BCUT2D eigenvalue weighted by Crippen LogP contribution is -2.23. The largest absolute Gasteiger partial charge is 0.310 e. The van der Waals surface area contributed by atoms with Crippen molar-refractivity contribution >= 4 is 0 Å². The number of nitrogens with one attached hydrogen (secondary N) is 1. The molecule has 3 heteroatoms. The molecule has 2 aromatic rings. The van der Waals surface area contributed by atoms with Crippen LogP contribution in [0.5, 0.6) is 0 Å². The molecular formula is C16H19FN2. The summed E-state index contributed by atoms with van der Waals surface area (Å²) in [6, 6.07) is 11.1. The molecule has 0 fully saturated rings. The van der Waals surface area contributed by atoms with Crippen molar-refractivity contribution in [2.24, 2.45) is 0 Å². The Morgan fingerprint density at radius 3 is 2.42 bits per heavy atom. The van der Waals surface area contributed by atoms with Gasteiger partial charge in [0.25, 0.3) is 0 Å². The summed E-state index contributed by atoms with van der Waals surface area (Å²) in [7, 11) is 0. The quantitative estimate of drug-likeness (QED) is 0.857. The molecule has 1 aromatic heterocycles. The van der Waals surface area contributed by atoms with Gasteiger partial charge in [-0.05, 0) is 54.8 Å². The van der Waals surface area contributed by atoms with Crippen LogP contribution in [-0.2, 0) is 6.42 Å². The van der Waals surface area contributed by atoms with E-state index in [1.165, 1.54) is 17.7 Å². The molecule has 1 unspecified atom stereocenters. The predicted molar refractivity (Wildman–Crippen MR) is 75.4 cm³/mol. The van der Waals surface area contributed by atoms with E-state index < -0.39 is 0 Å². The minimum Gasteiger partial charge on any atom is -0.310 e. The van der Waals surface area contributed by atoms with Crippen LogP contribution in [0.25, 0.3) is 0 Å². The van der Waals surface area contributed by atoms with Gasteiger partial charge in [0, 0.05) is 18.4 Å². The standard InChI is InChI=1S/C16H19FN2/c1-2-16(14-3-5-15(17)6-4-14)19-12-9-13-7-10-18-11-8-13/h3-8,10-11,16,19H,2,9,12H2,1H3. The van der Waals surface area contributed by atoms with Crippen LogP contribution in [0.3, 0.4) is 0 Å². The van der Waals surface area contributed by atoms with Gasteiger partial charge in [-0.1, -0.05) is 19.1 Å². The lowest BCUT2D eigenvalue weighted by Gasteiger charge is -2.17. The van der Waals surface area contributed by atoms with Gasteiger partial charge in [0.05, 0.1) is 0 Å². The molecule has 0 aliphatic carbocycles. The highest BCUT2D eigenvalue weighted by Gasteiger charge is 2.08. The minimum atomic E-state index is -0.185. The second-order valence-corrected chi connectivity index (χ2v) is 4.57. The zero-order valence-corrected chi connectivity index (χ0v) is 11.1. The van der Waals surface area contributed by atoms with Crippen LogP contribution in [0.2, 0.25) is 0 Å².